The van der Waals surface area contributed by atoms with E-state index in [0.717, 1.165) is 70.3 Å². The summed E-state index contributed by atoms with van der Waals surface area (Å²) in [7, 11) is 1.45. The van der Waals surface area contributed by atoms with Crippen LogP contribution in [-0.4, -0.2) is 37.9 Å². The highest BCUT2D eigenvalue weighted by atomic mass is 16.7. The molecule has 4 rings (SSSR count). The maximum Gasteiger partial charge on any atom is 0.305 e. The highest BCUT2D eigenvalue weighted by Gasteiger charge is 2.47. The predicted molar refractivity (Wildman–Crippen MR) is 137 cm³/mol. The Balaban J connectivity index is 1.37. The van der Waals surface area contributed by atoms with Crippen LogP contribution in [0.2, 0.25) is 0 Å². The van der Waals surface area contributed by atoms with Crippen LogP contribution in [0.15, 0.2) is 23.8 Å². The van der Waals surface area contributed by atoms with Crippen molar-refractivity contribution >= 4 is 11.8 Å². The molecule has 3 unspecified atom stereocenters. The molecular formula is C30H46O5. The lowest BCUT2D eigenvalue weighted by molar-refractivity contribution is -0.193. The maximum atomic E-state index is 13.1. The lowest BCUT2D eigenvalue weighted by Crippen LogP contribution is -2.30. The third kappa shape index (κ3) is 7.29. The molecule has 0 N–H and O–H groups in total. The van der Waals surface area contributed by atoms with Gasteiger partial charge in [-0.05, 0) is 94.5 Å². The quantitative estimate of drug-likeness (QED) is 0.143. The highest BCUT2D eigenvalue weighted by Crippen LogP contribution is 2.52. The maximum absolute atomic E-state index is 13.1. The van der Waals surface area contributed by atoms with Crippen molar-refractivity contribution in [3.05, 3.63) is 23.8 Å². The fourth-order valence-corrected chi connectivity index (χ4v) is 7.07. The zero-order chi connectivity index (χ0) is 24.6. The third-order valence-corrected chi connectivity index (χ3v) is 8.92. The van der Waals surface area contributed by atoms with Gasteiger partial charge < -0.3 is 14.2 Å². The van der Waals surface area contributed by atoms with Crippen molar-refractivity contribution in [1.29, 1.82) is 0 Å². The molecule has 3 aliphatic carbocycles. The molecule has 7 atom stereocenters. The number of esters is 1. The van der Waals surface area contributed by atoms with E-state index in [2.05, 4.69) is 19.1 Å². The van der Waals surface area contributed by atoms with Gasteiger partial charge in [-0.15, -0.1) is 0 Å². The molecule has 0 amide bonds. The van der Waals surface area contributed by atoms with E-state index in [9.17, 15) is 9.59 Å². The molecule has 0 spiro atoms. The number of allylic oxidation sites excluding steroid dienone is 3. The van der Waals surface area contributed by atoms with E-state index in [0.29, 0.717) is 24.0 Å². The van der Waals surface area contributed by atoms with Crippen LogP contribution in [-0.2, 0) is 23.8 Å². The van der Waals surface area contributed by atoms with Gasteiger partial charge in [0.2, 0.25) is 0 Å². The second-order valence-corrected chi connectivity index (χ2v) is 11.4. The molecule has 3 saturated carbocycles. The summed E-state index contributed by atoms with van der Waals surface area (Å²) in [5.41, 5.74) is 1.51. The van der Waals surface area contributed by atoms with Crippen LogP contribution >= 0.6 is 0 Å². The minimum absolute atomic E-state index is 0.0860. The summed E-state index contributed by atoms with van der Waals surface area (Å²) in [5, 5.41) is 0. The first kappa shape index (κ1) is 26.6. The molecule has 35 heavy (non-hydrogen) atoms. The first-order chi connectivity index (χ1) is 17.1. The molecule has 1 aliphatic heterocycles. The zero-order valence-electron chi connectivity index (χ0n) is 21.9. The summed E-state index contributed by atoms with van der Waals surface area (Å²) in [6.45, 7) is 3.04. The highest BCUT2D eigenvalue weighted by molar-refractivity contribution is 5.91. The molecule has 0 aromatic rings. The summed E-state index contributed by atoms with van der Waals surface area (Å²) in [6.07, 6.45) is 21.1. The summed E-state index contributed by atoms with van der Waals surface area (Å²) >= 11 is 0. The second-order valence-electron chi connectivity index (χ2n) is 11.4. The molecule has 5 heteroatoms. The van der Waals surface area contributed by atoms with Crippen molar-refractivity contribution in [3.8, 4) is 0 Å². The molecule has 1 heterocycles. The van der Waals surface area contributed by atoms with Crippen LogP contribution in [0.3, 0.4) is 0 Å². The Labute approximate surface area is 212 Å². The number of rotatable bonds is 11. The number of hydrogen-bond donors (Lipinski definition) is 0. The van der Waals surface area contributed by atoms with E-state index in [1.165, 1.54) is 38.4 Å². The first-order valence-electron chi connectivity index (χ1n) is 14.3. The fourth-order valence-electron chi connectivity index (χ4n) is 7.07. The third-order valence-electron chi connectivity index (χ3n) is 8.92. The van der Waals surface area contributed by atoms with E-state index in [1.54, 1.807) is 0 Å². The molecular weight excluding hydrogens is 440 g/mol. The van der Waals surface area contributed by atoms with Gasteiger partial charge in [0.1, 0.15) is 0 Å². The molecule has 4 fully saturated rings. The fraction of sp³-hybridized carbons (Fsp3) is 0.800. The summed E-state index contributed by atoms with van der Waals surface area (Å²) < 4.78 is 17.2. The summed E-state index contributed by atoms with van der Waals surface area (Å²) in [6, 6.07) is 0. The number of ketones is 1. The minimum atomic E-state index is -0.130. The van der Waals surface area contributed by atoms with Gasteiger partial charge >= 0.3 is 5.97 Å². The Morgan fingerprint density at radius 1 is 1.11 bits per heavy atom. The average Bonchev–Trinajstić information content (AvgIpc) is 3.56. The monoisotopic (exact) mass is 486 g/mol. The molecule has 4 aliphatic rings. The Morgan fingerprint density at radius 2 is 2.00 bits per heavy atom. The minimum Gasteiger partial charge on any atom is -0.469 e. The smallest absolute Gasteiger partial charge is 0.305 e. The number of carbonyl (C=O) groups excluding carboxylic acids is 2. The Kier molecular flexibility index (Phi) is 10.0. The van der Waals surface area contributed by atoms with Gasteiger partial charge in [-0.2, -0.15) is 0 Å². The molecule has 1 saturated heterocycles. The van der Waals surface area contributed by atoms with Gasteiger partial charge in [-0.3, -0.25) is 9.59 Å². The van der Waals surface area contributed by atoms with Crippen molar-refractivity contribution in [2.24, 2.45) is 29.6 Å². The van der Waals surface area contributed by atoms with Crippen LogP contribution in [0, 0.1) is 29.6 Å². The van der Waals surface area contributed by atoms with Gasteiger partial charge in [0.05, 0.1) is 13.2 Å². The number of unbranched alkanes of at least 4 members (excludes halogenated alkanes) is 1. The normalized spacial score (nSPS) is 36.2. The largest absolute Gasteiger partial charge is 0.469 e. The van der Waals surface area contributed by atoms with Crippen molar-refractivity contribution in [1.82, 2.24) is 0 Å². The van der Waals surface area contributed by atoms with Gasteiger partial charge in [-0.25, -0.2) is 0 Å². The number of hydrogen-bond acceptors (Lipinski definition) is 5. The number of fused-ring (bicyclic) bond motifs is 1. The van der Waals surface area contributed by atoms with Gasteiger partial charge in [-0.1, -0.05) is 37.5 Å². The lowest BCUT2D eigenvalue weighted by atomic mass is 9.89. The van der Waals surface area contributed by atoms with Crippen LogP contribution < -0.4 is 0 Å². The van der Waals surface area contributed by atoms with E-state index < -0.39 is 0 Å². The van der Waals surface area contributed by atoms with E-state index >= 15 is 0 Å². The molecule has 0 bridgehead atoms. The van der Waals surface area contributed by atoms with E-state index in [1.807, 2.05) is 6.08 Å². The SMILES string of the molecule is CCCC1CCC(C(=O)C=C[C@@H]2[C@H]3CC(=CCCCC(=O)OC)C[C@@H]3C[C@H]2OC2CCCCO2)C1. The predicted octanol–water partition coefficient (Wildman–Crippen LogP) is 6.56. The summed E-state index contributed by atoms with van der Waals surface area (Å²) in [4.78, 5) is 24.4. The van der Waals surface area contributed by atoms with Gasteiger partial charge in [0.15, 0.2) is 12.1 Å². The molecule has 0 aromatic carbocycles. The molecule has 5 nitrogen and oxygen atoms in total. The van der Waals surface area contributed by atoms with Crippen molar-refractivity contribution < 1.29 is 23.8 Å². The molecule has 0 aromatic heterocycles. The standard InChI is InChI=1S/C30H46O5/c1-3-8-21-12-13-23(17-21)27(31)15-14-25-26-19-22(9-4-5-10-29(32)33-2)18-24(26)20-28(25)35-30-11-6-7-16-34-30/h9,14-15,21,23-26,28,30H,3-8,10-13,16-20H2,1-2H3/t21?,23?,24-,25-,26+,28-,30?/m1/s1. The first-order valence-corrected chi connectivity index (χ1v) is 14.3. The van der Waals surface area contributed by atoms with E-state index in [-0.39, 0.29) is 30.2 Å². The second kappa shape index (κ2) is 13.2. The summed E-state index contributed by atoms with van der Waals surface area (Å²) in [5.74, 6) is 2.58. The Hall–Kier alpha value is -1.46. The van der Waals surface area contributed by atoms with Crippen LogP contribution in [0.5, 0.6) is 0 Å². The number of ether oxygens (including phenoxy) is 3. The number of carbonyl (C=O) groups is 2. The van der Waals surface area contributed by atoms with E-state index in [4.69, 9.17) is 14.2 Å². The van der Waals surface area contributed by atoms with Gasteiger partial charge in [0, 0.05) is 24.9 Å². The van der Waals surface area contributed by atoms with Gasteiger partial charge in [0.25, 0.3) is 0 Å². The van der Waals surface area contributed by atoms with Crippen molar-refractivity contribution in [3.63, 3.8) is 0 Å². The Bertz CT molecular complexity index is 765. The van der Waals surface area contributed by atoms with Crippen molar-refractivity contribution in [2.75, 3.05) is 13.7 Å². The molecule has 196 valence electrons. The topological polar surface area (TPSA) is 61.8 Å². The molecule has 0 radical (unpaired) electrons. The Morgan fingerprint density at radius 3 is 2.77 bits per heavy atom. The number of methoxy groups -OCH3 is 1. The van der Waals surface area contributed by atoms with Crippen LogP contribution in [0.1, 0.15) is 96.8 Å². The average molecular weight is 487 g/mol. The lowest BCUT2D eigenvalue weighted by Gasteiger charge is -2.29. The zero-order valence-corrected chi connectivity index (χ0v) is 21.9. The van der Waals surface area contributed by atoms with Crippen molar-refractivity contribution in [2.45, 2.75) is 109 Å². The van der Waals surface area contributed by atoms with Crippen LogP contribution in [0.25, 0.3) is 0 Å². The van der Waals surface area contributed by atoms with Crippen LogP contribution in [0.4, 0.5) is 0 Å².